The number of anilines is 1. The largest absolute Gasteiger partial charge is 0.497 e. The standard InChI is InChI=1S/C22H23ClN2O3S/c1-22(2,3)15-5-8-18(9-6-15)29(26,27)25-20-10-7-16(23)13-19(20)21-14-17(28-4)11-12-24-21/h5-14,25H,1-4H3. The summed E-state index contributed by atoms with van der Waals surface area (Å²) in [5.41, 5.74) is 2.50. The highest BCUT2D eigenvalue weighted by Gasteiger charge is 2.20. The summed E-state index contributed by atoms with van der Waals surface area (Å²) in [6.07, 6.45) is 1.60. The molecule has 0 aliphatic heterocycles. The Kier molecular flexibility index (Phi) is 5.87. The molecular weight excluding hydrogens is 408 g/mol. The van der Waals surface area contributed by atoms with E-state index in [1.165, 1.54) is 0 Å². The van der Waals surface area contributed by atoms with Crippen LogP contribution in [-0.2, 0) is 15.4 Å². The average Bonchev–Trinajstić information content (AvgIpc) is 2.68. The molecule has 152 valence electrons. The molecule has 0 bridgehead atoms. The molecule has 3 aromatic rings. The minimum absolute atomic E-state index is 0.0584. The summed E-state index contributed by atoms with van der Waals surface area (Å²) in [6.45, 7) is 6.24. The summed E-state index contributed by atoms with van der Waals surface area (Å²) >= 11 is 6.15. The molecule has 1 heterocycles. The minimum Gasteiger partial charge on any atom is -0.497 e. The van der Waals surface area contributed by atoms with Crippen LogP contribution in [0.15, 0.2) is 65.7 Å². The number of sulfonamides is 1. The number of benzene rings is 2. The van der Waals surface area contributed by atoms with E-state index in [1.54, 1.807) is 55.8 Å². The maximum absolute atomic E-state index is 13.0. The number of hydrogen-bond donors (Lipinski definition) is 1. The molecule has 0 aliphatic carbocycles. The summed E-state index contributed by atoms with van der Waals surface area (Å²) in [4.78, 5) is 4.51. The Morgan fingerprint density at radius 2 is 1.69 bits per heavy atom. The molecule has 5 nitrogen and oxygen atoms in total. The van der Waals surface area contributed by atoms with Gasteiger partial charge in [-0.15, -0.1) is 0 Å². The third kappa shape index (κ3) is 4.89. The molecule has 0 amide bonds. The normalized spacial score (nSPS) is 11.9. The maximum atomic E-state index is 13.0. The fourth-order valence-electron chi connectivity index (χ4n) is 2.84. The lowest BCUT2D eigenvalue weighted by Crippen LogP contribution is -2.15. The Morgan fingerprint density at radius 1 is 1.00 bits per heavy atom. The Hall–Kier alpha value is -2.57. The van der Waals surface area contributed by atoms with Crippen LogP contribution in [0, 0.1) is 0 Å². The van der Waals surface area contributed by atoms with Gasteiger partial charge >= 0.3 is 0 Å². The lowest BCUT2D eigenvalue weighted by Gasteiger charge is -2.19. The van der Waals surface area contributed by atoms with Gasteiger partial charge in [-0.3, -0.25) is 9.71 Å². The molecule has 1 aromatic heterocycles. The Morgan fingerprint density at radius 3 is 2.31 bits per heavy atom. The number of nitrogens with one attached hydrogen (secondary N) is 1. The Bertz CT molecular complexity index is 1120. The zero-order valence-electron chi connectivity index (χ0n) is 16.7. The molecule has 1 N–H and O–H groups in total. The van der Waals surface area contributed by atoms with E-state index in [4.69, 9.17) is 16.3 Å². The molecule has 0 saturated heterocycles. The number of hydrogen-bond acceptors (Lipinski definition) is 4. The quantitative estimate of drug-likeness (QED) is 0.579. The fourth-order valence-corrected chi connectivity index (χ4v) is 4.09. The van der Waals surface area contributed by atoms with Crippen LogP contribution < -0.4 is 9.46 Å². The number of aromatic nitrogens is 1. The average molecular weight is 431 g/mol. The van der Waals surface area contributed by atoms with E-state index in [0.29, 0.717) is 27.7 Å². The van der Waals surface area contributed by atoms with Crippen molar-refractivity contribution in [3.63, 3.8) is 0 Å². The summed E-state index contributed by atoms with van der Waals surface area (Å²) in [6, 6.07) is 15.3. The molecule has 0 spiro atoms. The lowest BCUT2D eigenvalue weighted by atomic mass is 9.87. The van der Waals surface area contributed by atoms with Gasteiger partial charge in [-0.05, 0) is 47.4 Å². The van der Waals surface area contributed by atoms with Crippen LogP contribution in [0.1, 0.15) is 26.3 Å². The van der Waals surface area contributed by atoms with E-state index in [9.17, 15) is 8.42 Å². The summed E-state index contributed by atoms with van der Waals surface area (Å²) < 4.78 is 33.8. The zero-order valence-corrected chi connectivity index (χ0v) is 18.3. The van der Waals surface area contributed by atoms with E-state index in [2.05, 4.69) is 30.5 Å². The smallest absolute Gasteiger partial charge is 0.261 e. The molecule has 0 radical (unpaired) electrons. The highest BCUT2D eigenvalue weighted by atomic mass is 35.5. The zero-order chi connectivity index (χ0) is 21.2. The second-order valence-electron chi connectivity index (χ2n) is 7.65. The van der Waals surface area contributed by atoms with Crippen molar-refractivity contribution in [2.24, 2.45) is 0 Å². The van der Waals surface area contributed by atoms with Gasteiger partial charge < -0.3 is 4.74 Å². The number of rotatable bonds is 5. The number of ether oxygens (including phenoxy) is 1. The van der Waals surface area contributed by atoms with Crippen LogP contribution in [-0.4, -0.2) is 20.5 Å². The highest BCUT2D eigenvalue weighted by Crippen LogP contribution is 2.33. The molecular formula is C22H23ClN2O3S. The van der Waals surface area contributed by atoms with Crippen molar-refractivity contribution in [2.75, 3.05) is 11.8 Å². The first-order valence-corrected chi connectivity index (χ1v) is 10.9. The SMILES string of the molecule is COc1ccnc(-c2cc(Cl)ccc2NS(=O)(=O)c2ccc(C(C)(C)C)cc2)c1. The van der Waals surface area contributed by atoms with Gasteiger partial charge in [0.1, 0.15) is 5.75 Å². The molecule has 29 heavy (non-hydrogen) atoms. The third-order valence-electron chi connectivity index (χ3n) is 4.50. The highest BCUT2D eigenvalue weighted by molar-refractivity contribution is 7.92. The van der Waals surface area contributed by atoms with Crippen LogP contribution in [0.3, 0.4) is 0 Å². The maximum Gasteiger partial charge on any atom is 0.261 e. The molecule has 2 aromatic carbocycles. The molecule has 7 heteroatoms. The lowest BCUT2D eigenvalue weighted by molar-refractivity contribution is 0.414. The molecule has 0 atom stereocenters. The van der Waals surface area contributed by atoms with Crippen molar-refractivity contribution < 1.29 is 13.2 Å². The molecule has 0 aliphatic rings. The number of pyridine rings is 1. The van der Waals surface area contributed by atoms with Gasteiger partial charge in [0.25, 0.3) is 10.0 Å². The minimum atomic E-state index is -3.79. The van der Waals surface area contributed by atoms with Crippen molar-refractivity contribution in [3.8, 4) is 17.0 Å². The first kappa shape index (κ1) is 21.1. The van der Waals surface area contributed by atoms with E-state index in [0.717, 1.165) is 5.56 Å². The van der Waals surface area contributed by atoms with Gasteiger partial charge in [-0.1, -0.05) is 44.5 Å². The van der Waals surface area contributed by atoms with Crippen LogP contribution in [0.25, 0.3) is 11.3 Å². The van der Waals surface area contributed by atoms with E-state index in [-0.39, 0.29) is 10.3 Å². The van der Waals surface area contributed by atoms with Gasteiger partial charge in [0.05, 0.1) is 23.4 Å². The van der Waals surface area contributed by atoms with Crippen LogP contribution in [0.4, 0.5) is 5.69 Å². The van der Waals surface area contributed by atoms with Crippen LogP contribution in [0.5, 0.6) is 5.75 Å². The molecule has 3 rings (SSSR count). The van der Waals surface area contributed by atoms with Crippen molar-refractivity contribution in [1.82, 2.24) is 4.98 Å². The second-order valence-corrected chi connectivity index (χ2v) is 9.77. The topological polar surface area (TPSA) is 68.3 Å². The third-order valence-corrected chi connectivity index (χ3v) is 6.12. The summed E-state index contributed by atoms with van der Waals surface area (Å²) in [7, 11) is -2.23. The predicted octanol–water partition coefficient (Wildman–Crippen LogP) is 5.51. The van der Waals surface area contributed by atoms with Gasteiger partial charge in [-0.2, -0.15) is 0 Å². The number of methoxy groups -OCH3 is 1. The Labute approximate surface area is 176 Å². The number of nitrogens with zero attached hydrogens (tertiary/aromatic N) is 1. The van der Waals surface area contributed by atoms with Crippen LogP contribution in [0.2, 0.25) is 5.02 Å². The monoisotopic (exact) mass is 430 g/mol. The molecule has 0 unspecified atom stereocenters. The van der Waals surface area contributed by atoms with Crippen molar-refractivity contribution in [1.29, 1.82) is 0 Å². The van der Waals surface area contributed by atoms with Gasteiger partial charge in [-0.25, -0.2) is 8.42 Å². The second kappa shape index (κ2) is 8.05. The van der Waals surface area contributed by atoms with Gasteiger partial charge in [0, 0.05) is 22.8 Å². The van der Waals surface area contributed by atoms with Crippen molar-refractivity contribution in [3.05, 3.63) is 71.4 Å². The van der Waals surface area contributed by atoms with E-state index < -0.39 is 10.0 Å². The first-order chi connectivity index (χ1) is 13.6. The van der Waals surface area contributed by atoms with Gasteiger partial charge in [0.2, 0.25) is 0 Å². The molecule has 0 fully saturated rings. The van der Waals surface area contributed by atoms with Gasteiger partial charge in [0.15, 0.2) is 0 Å². The number of halogens is 1. The van der Waals surface area contributed by atoms with E-state index in [1.807, 2.05) is 12.1 Å². The first-order valence-electron chi connectivity index (χ1n) is 9.03. The fraction of sp³-hybridized carbons (Fsp3) is 0.227. The van der Waals surface area contributed by atoms with Crippen molar-refractivity contribution in [2.45, 2.75) is 31.1 Å². The van der Waals surface area contributed by atoms with Crippen LogP contribution >= 0.6 is 11.6 Å². The predicted molar refractivity (Wildman–Crippen MR) is 117 cm³/mol. The van der Waals surface area contributed by atoms with E-state index >= 15 is 0 Å². The van der Waals surface area contributed by atoms with Crippen molar-refractivity contribution >= 4 is 27.3 Å². The summed E-state index contributed by atoms with van der Waals surface area (Å²) in [5, 5.41) is 0.474. The Balaban J connectivity index is 1.99. The summed E-state index contributed by atoms with van der Waals surface area (Å²) in [5.74, 6) is 0.613. The molecule has 0 saturated carbocycles.